The smallest absolute Gasteiger partial charge is 0.142 e. The van der Waals surface area contributed by atoms with Crippen molar-refractivity contribution >= 4 is 47.8 Å². The third-order valence-corrected chi connectivity index (χ3v) is 2.95. The predicted octanol–water partition coefficient (Wildman–Crippen LogP) is 3.04. The Hall–Kier alpha value is 0.980. The minimum absolute atomic E-state index is 0.334. The lowest BCUT2D eigenvalue weighted by atomic mass is 10.1. The first-order chi connectivity index (χ1) is 3.54. The molecule has 8 heavy (non-hydrogen) atoms. The molecule has 0 aromatic heterocycles. The first kappa shape index (κ1) is 7.09. The number of rotatable bonds is 0. The highest BCUT2D eigenvalue weighted by molar-refractivity contribution is 9.25. The van der Waals surface area contributed by atoms with Gasteiger partial charge in [0.25, 0.3) is 0 Å². The van der Waals surface area contributed by atoms with Crippen molar-refractivity contribution in [2.45, 2.75) is 9.65 Å². The molecule has 0 amide bonds. The monoisotopic (exact) mass is 304 g/mol. The summed E-state index contributed by atoms with van der Waals surface area (Å²) < 4.78 is 0.532. The van der Waals surface area contributed by atoms with Crippen molar-refractivity contribution in [3.8, 4) is 0 Å². The summed E-state index contributed by atoms with van der Waals surface area (Å²) in [6.07, 6.45) is 0.804. The van der Waals surface area contributed by atoms with E-state index >= 15 is 0 Å². The average Bonchev–Trinajstić information content (AvgIpc) is 1.65. The highest BCUT2D eigenvalue weighted by Crippen LogP contribution is 2.50. The molecule has 0 aromatic rings. The molecular formula is C4H3Br3O. The Morgan fingerprint density at radius 3 is 2.00 bits per heavy atom. The molecule has 1 aliphatic carbocycles. The molecule has 0 spiro atoms. The number of alkyl halides is 2. The van der Waals surface area contributed by atoms with Crippen LogP contribution in [-0.4, -0.2) is 8.34 Å². The summed E-state index contributed by atoms with van der Waals surface area (Å²) in [7, 11) is 0. The van der Waals surface area contributed by atoms with Gasteiger partial charge in [0.2, 0.25) is 0 Å². The molecule has 0 bridgehead atoms. The first-order valence-corrected chi connectivity index (χ1v) is 4.38. The van der Waals surface area contributed by atoms with Gasteiger partial charge in [-0.25, -0.2) is 0 Å². The molecule has 0 atom stereocenters. The van der Waals surface area contributed by atoms with E-state index in [1.165, 1.54) is 0 Å². The van der Waals surface area contributed by atoms with E-state index < -0.39 is 0 Å². The summed E-state index contributed by atoms with van der Waals surface area (Å²) in [4.78, 5) is 0. The minimum atomic E-state index is -0.334. The minimum Gasteiger partial charge on any atom is -0.509 e. The van der Waals surface area contributed by atoms with Crippen LogP contribution < -0.4 is 0 Å². The fourth-order valence-corrected chi connectivity index (χ4v) is 3.54. The Kier molecular flexibility index (Phi) is 1.76. The molecule has 0 aliphatic heterocycles. The highest BCUT2D eigenvalue weighted by atomic mass is 79.9. The largest absolute Gasteiger partial charge is 0.509 e. The van der Waals surface area contributed by atoms with Crippen LogP contribution in [0.3, 0.4) is 0 Å². The number of halogens is 3. The number of hydrogen-bond donors (Lipinski definition) is 1. The molecule has 4 heteroatoms. The van der Waals surface area contributed by atoms with Gasteiger partial charge in [-0.15, -0.1) is 0 Å². The van der Waals surface area contributed by atoms with Crippen LogP contribution in [0.4, 0.5) is 0 Å². The molecule has 1 N–H and O–H groups in total. The molecule has 1 nitrogen and oxygen atoms in total. The number of allylic oxidation sites excluding steroid dienone is 2. The Labute approximate surface area is 72.5 Å². The number of aliphatic hydroxyl groups is 1. The van der Waals surface area contributed by atoms with Crippen molar-refractivity contribution in [2.75, 3.05) is 0 Å². The second-order valence-electron chi connectivity index (χ2n) is 1.63. The van der Waals surface area contributed by atoms with Crippen molar-refractivity contribution in [3.05, 3.63) is 10.2 Å². The van der Waals surface area contributed by atoms with Crippen LogP contribution in [0.1, 0.15) is 6.42 Å². The van der Waals surface area contributed by atoms with Gasteiger partial charge in [0.15, 0.2) is 0 Å². The zero-order valence-electron chi connectivity index (χ0n) is 3.79. The Balaban J connectivity index is 2.80. The van der Waals surface area contributed by atoms with Gasteiger partial charge >= 0.3 is 0 Å². The van der Waals surface area contributed by atoms with Gasteiger partial charge in [-0.3, -0.25) is 0 Å². The maximum atomic E-state index is 8.98. The standard InChI is InChI=1S/C4H3Br3O/c5-2-1-4(6,7)3(2)8/h8H,1H2. The SMILES string of the molecule is OC1=C(Br)CC1(Br)Br. The normalized spacial score (nSPS) is 25.4. The van der Waals surface area contributed by atoms with E-state index in [1.54, 1.807) is 0 Å². The third-order valence-electron chi connectivity index (χ3n) is 0.981. The molecule has 1 rings (SSSR count). The van der Waals surface area contributed by atoms with E-state index in [2.05, 4.69) is 47.8 Å². The van der Waals surface area contributed by atoms with Gasteiger partial charge < -0.3 is 5.11 Å². The third kappa shape index (κ3) is 0.977. The summed E-state index contributed by atoms with van der Waals surface area (Å²) in [5, 5.41) is 8.98. The average molecular weight is 307 g/mol. The van der Waals surface area contributed by atoms with Gasteiger partial charge in [0.05, 0.1) is 0 Å². The zero-order valence-corrected chi connectivity index (χ0v) is 8.55. The van der Waals surface area contributed by atoms with Gasteiger partial charge in [-0.1, -0.05) is 47.8 Å². The van der Waals surface area contributed by atoms with Crippen LogP contribution in [-0.2, 0) is 0 Å². The Morgan fingerprint density at radius 2 is 2.00 bits per heavy atom. The van der Waals surface area contributed by atoms with Gasteiger partial charge in [-0.2, -0.15) is 0 Å². The molecule has 0 fully saturated rings. The molecule has 1 aliphatic rings. The lowest BCUT2D eigenvalue weighted by Crippen LogP contribution is -2.25. The zero-order chi connectivity index (χ0) is 6.36. The summed E-state index contributed by atoms with van der Waals surface area (Å²) in [5.74, 6) is 0.345. The van der Waals surface area contributed by atoms with Crippen molar-refractivity contribution in [2.24, 2.45) is 0 Å². The van der Waals surface area contributed by atoms with Crippen molar-refractivity contribution < 1.29 is 5.11 Å². The fourth-order valence-electron chi connectivity index (χ4n) is 0.454. The maximum Gasteiger partial charge on any atom is 0.142 e. The summed E-state index contributed by atoms with van der Waals surface area (Å²) in [6, 6.07) is 0. The molecular weight excluding hydrogens is 304 g/mol. The van der Waals surface area contributed by atoms with Crippen molar-refractivity contribution in [1.29, 1.82) is 0 Å². The van der Waals surface area contributed by atoms with Gasteiger partial charge in [0.1, 0.15) is 8.99 Å². The number of hydrogen-bond acceptors (Lipinski definition) is 1. The first-order valence-electron chi connectivity index (χ1n) is 2.00. The quantitative estimate of drug-likeness (QED) is 0.682. The van der Waals surface area contributed by atoms with Crippen LogP contribution in [0, 0.1) is 0 Å². The summed E-state index contributed by atoms with van der Waals surface area (Å²) in [6.45, 7) is 0. The molecule has 0 heterocycles. The van der Waals surface area contributed by atoms with Gasteiger partial charge in [0, 0.05) is 10.9 Å². The molecule has 46 valence electrons. The highest BCUT2D eigenvalue weighted by Gasteiger charge is 2.40. The van der Waals surface area contributed by atoms with E-state index in [1.807, 2.05) is 0 Å². The second kappa shape index (κ2) is 1.99. The van der Waals surface area contributed by atoms with Crippen molar-refractivity contribution in [3.63, 3.8) is 0 Å². The van der Waals surface area contributed by atoms with E-state index in [-0.39, 0.29) is 3.23 Å². The van der Waals surface area contributed by atoms with E-state index in [0.29, 0.717) is 5.76 Å². The van der Waals surface area contributed by atoms with E-state index in [4.69, 9.17) is 5.11 Å². The summed E-state index contributed by atoms with van der Waals surface area (Å²) in [5.41, 5.74) is 0. The van der Waals surface area contributed by atoms with Crippen molar-refractivity contribution in [1.82, 2.24) is 0 Å². The number of aliphatic hydroxyl groups excluding tert-OH is 1. The second-order valence-corrected chi connectivity index (χ2v) is 6.36. The van der Waals surface area contributed by atoms with Crippen LogP contribution in [0.2, 0.25) is 0 Å². The molecule has 0 radical (unpaired) electrons. The van der Waals surface area contributed by atoms with Crippen LogP contribution in [0.5, 0.6) is 0 Å². The lowest BCUT2D eigenvalue weighted by molar-refractivity contribution is 0.360. The van der Waals surface area contributed by atoms with E-state index in [9.17, 15) is 0 Å². The molecule has 0 saturated carbocycles. The van der Waals surface area contributed by atoms with Crippen LogP contribution in [0.25, 0.3) is 0 Å². The van der Waals surface area contributed by atoms with E-state index in [0.717, 1.165) is 10.9 Å². The van der Waals surface area contributed by atoms with Crippen LogP contribution >= 0.6 is 47.8 Å². The molecule has 0 unspecified atom stereocenters. The lowest BCUT2D eigenvalue weighted by Gasteiger charge is -2.29. The molecule has 0 aromatic carbocycles. The topological polar surface area (TPSA) is 20.2 Å². The Morgan fingerprint density at radius 1 is 1.50 bits per heavy atom. The Bertz CT molecular complexity index is 149. The van der Waals surface area contributed by atoms with Crippen LogP contribution in [0.15, 0.2) is 10.2 Å². The maximum absolute atomic E-state index is 8.98. The molecule has 0 saturated heterocycles. The summed E-state index contributed by atoms with van der Waals surface area (Å²) >= 11 is 9.67. The fraction of sp³-hybridized carbons (Fsp3) is 0.500. The van der Waals surface area contributed by atoms with Gasteiger partial charge in [-0.05, 0) is 0 Å². The predicted molar refractivity (Wildman–Crippen MR) is 43.8 cm³/mol.